The molecule has 0 fully saturated rings. The Hall–Kier alpha value is -2.82. The maximum Gasteiger partial charge on any atom is 0.149 e. The van der Waals surface area contributed by atoms with E-state index in [-0.39, 0.29) is 17.9 Å². The Morgan fingerprint density at radius 1 is 0.867 bits per heavy atom. The van der Waals surface area contributed by atoms with Gasteiger partial charge in [-0.2, -0.15) is 0 Å². The number of aliphatic hydroxyl groups is 1. The molecule has 0 radical (unpaired) electrons. The average molecular weight is 406 g/mol. The number of benzene rings is 3. The van der Waals surface area contributed by atoms with Crippen molar-refractivity contribution >= 4 is 0 Å². The largest absolute Gasteiger partial charge is 0.508 e. The van der Waals surface area contributed by atoms with Gasteiger partial charge in [0.05, 0.1) is 0 Å². The number of ether oxygens (including phenoxy) is 1. The molecule has 3 rings (SSSR count). The van der Waals surface area contributed by atoms with Crippen LogP contribution in [0.5, 0.6) is 11.5 Å². The highest BCUT2D eigenvalue weighted by Crippen LogP contribution is 2.45. The van der Waals surface area contributed by atoms with Crippen LogP contribution in [0.3, 0.4) is 0 Å². The molecular formula is C26H31NO3. The standard InChI is InChI=1S/C26H31NO3/c1-5-25(20-9-7-6-8-10-20)26(29,21-11-15-23(28)16-12-21)22-13-17-24(18-14-22)30-19(2)27(3)4/h6-19,25,28-29H,5H2,1-4H3. The SMILES string of the molecule is CCC(c1ccccc1)C(O)(c1ccc(O)cc1)c1ccc(OC(C)N(C)C)cc1. The summed E-state index contributed by atoms with van der Waals surface area (Å²) in [4.78, 5) is 1.99. The number of hydrogen-bond donors (Lipinski definition) is 2. The molecule has 0 aliphatic heterocycles. The number of phenols is 1. The lowest BCUT2D eigenvalue weighted by Gasteiger charge is -2.37. The molecule has 3 atom stereocenters. The lowest BCUT2D eigenvalue weighted by atomic mass is 9.72. The van der Waals surface area contributed by atoms with Gasteiger partial charge in [-0.25, -0.2) is 0 Å². The second kappa shape index (κ2) is 9.33. The van der Waals surface area contributed by atoms with Crippen molar-refractivity contribution in [1.82, 2.24) is 4.90 Å². The van der Waals surface area contributed by atoms with E-state index in [1.807, 2.05) is 68.4 Å². The van der Waals surface area contributed by atoms with Crippen molar-refractivity contribution in [1.29, 1.82) is 0 Å². The summed E-state index contributed by atoms with van der Waals surface area (Å²) in [6, 6.07) is 24.5. The van der Waals surface area contributed by atoms with Gasteiger partial charge in [0.2, 0.25) is 0 Å². The van der Waals surface area contributed by atoms with Gasteiger partial charge in [-0.1, -0.05) is 61.5 Å². The zero-order chi connectivity index (χ0) is 21.7. The van der Waals surface area contributed by atoms with Crippen LogP contribution in [-0.2, 0) is 5.60 Å². The summed E-state index contributed by atoms with van der Waals surface area (Å²) >= 11 is 0. The summed E-state index contributed by atoms with van der Waals surface area (Å²) in [5.74, 6) is 0.770. The number of rotatable bonds is 8. The van der Waals surface area contributed by atoms with Crippen LogP contribution < -0.4 is 4.74 Å². The van der Waals surface area contributed by atoms with Gasteiger partial charge in [-0.05, 0) is 68.4 Å². The minimum Gasteiger partial charge on any atom is -0.508 e. The van der Waals surface area contributed by atoms with Crippen molar-refractivity contribution in [2.45, 2.75) is 38.0 Å². The van der Waals surface area contributed by atoms with Crippen molar-refractivity contribution in [2.24, 2.45) is 0 Å². The summed E-state index contributed by atoms with van der Waals surface area (Å²) in [5, 5.41) is 22.0. The van der Waals surface area contributed by atoms with Crippen LogP contribution in [0.2, 0.25) is 0 Å². The number of aromatic hydroxyl groups is 1. The van der Waals surface area contributed by atoms with Crippen molar-refractivity contribution < 1.29 is 14.9 Å². The molecule has 4 nitrogen and oxygen atoms in total. The van der Waals surface area contributed by atoms with E-state index in [9.17, 15) is 10.2 Å². The van der Waals surface area contributed by atoms with Crippen molar-refractivity contribution in [3.63, 3.8) is 0 Å². The van der Waals surface area contributed by atoms with E-state index < -0.39 is 5.60 Å². The Labute approximate surface area is 179 Å². The van der Waals surface area contributed by atoms with Gasteiger partial charge in [0.1, 0.15) is 23.3 Å². The molecule has 0 aromatic heterocycles. The third kappa shape index (κ3) is 4.50. The lowest BCUT2D eigenvalue weighted by Crippen LogP contribution is -2.35. The third-order valence-corrected chi connectivity index (χ3v) is 5.75. The van der Waals surface area contributed by atoms with Gasteiger partial charge in [-0.3, -0.25) is 4.90 Å². The van der Waals surface area contributed by atoms with Crippen LogP contribution in [-0.4, -0.2) is 35.4 Å². The van der Waals surface area contributed by atoms with E-state index in [4.69, 9.17) is 4.74 Å². The Morgan fingerprint density at radius 2 is 1.40 bits per heavy atom. The van der Waals surface area contributed by atoms with Gasteiger partial charge >= 0.3 is 0 Å². The molecule has 0 aliphatic rings. The highest BCUT2D eigenvalue weighted by molar-refractivity contribution is 5.44. The molecule has 3 aromatic rings. The predicted octanol–water partition coefficient (Wildman–Crippen LogP) is 5.11. The molecule has 0 saturated heterocycles. The predicted molar refractivity (Wildman–Crippen MR) is 121 cm³/mol. The molecule has 3 aromatic carbocycles. The first-order valence-electron chi connectivity index (χ1n) is 10.4. The van der Waals surface area contributed by atoms with E-state index in [0.717, 1.165) is 28.9 Å². The van der Waals surface area contributed by atoms with Crippen LogP contribution in [0.25, 0.3) is 0 Å². The second-order valence-electron chi connectivity index (χ2n) is 7.89. The van der Waals surface area contributed by atoms with Gasteiger partial charge in [0.25, 0.3) is 0 Å². The average Bonchev–Trinajstić information content (AvgIpc) is 2.75. The van der Waals surface area contributed by atoms with Crippen LogP contribution in [0.1, 0.15) is 42.9 Å². The Kier molecular flexibility index (Phi) is 6.80. The van der Waals surface area contributed by atoms with Crippen LogP contribution in [0.4, 0.5) is 0 Å². The summed E-state index contributed by atoms with van der Waals surface area (Å²) in [6.07, 6.45) is 0.691. The molecule has 0 spiro atoms. The molecule has 3 unspecified atom stereocenters. The minimum absolute atomic E-state index is 0.0560. The first-order valence-corrected chi connectivity index (χ1v) is 10.4. The Balaban J connectivity index is 2.07. The van der Waals surface area contributed by atoms with Gasteiger partial charge in [0.15, 0.2) is 0 Å². The maximum absolute atomic E-state index is 12.2. The molecule has 0 heterocycles. The molecule has 0 bridgehead atoms. The Bertz CT molecular complexity index is 923. The fraction of sp³-hybridized carbons (Fsp3) is 0.308. The summed E-state index contributed by atoms with van der Waals surface area (Å²) in [5.41, 5.74) is 1.34. The first-order chi connectivity index (χ1) is 14.4. The highest BCUT2D eigenvalue weighted by atomic mass is 16.5. The molecule has 30 heavy (non-hydrogen) atoms. The molecule has 0 amide bonds. The summed E-state index contributed by atoms with van der Waals surface area (Å²) < 4.78 is 5.95. The third-order valence-electron chi connectivity index (χ3n) is 5.75. The number of phenolic OH excluding ortho intramolecular Hbond substituents is 1. The van der Waals surface area contributed by atoms with Crippen molar-refractivity contribution in [3.8, 4) is 11.5 Å². The van der Waals surface area contributed by atoms with Crippen LogP contribution >= 0.6 is 0 Å². The first kappa shape index (κ1) is 21.9. The number of nitrogens with zero attached hydrogens (tertiary/aromatic N) is 1. The lowest BCUT2D eigenvalue weighted by molar-refractivity contribution is 0.0473. The quantitative estimate of drug-likeness (QED) is 0.512. The van der Waals surface area contributed by atoms with Crippen molar-refractivity contribution in [2.75, 3.05) is 14.1 Å². The fourth-order valence-corrected chi connectivity index (χ4v) is 3.83. The van der Waals surface area contributed by atoms with Gasteiger partial charge in [-0.15, -0.1) is 0 Å². The van der Waals surface area contributed by atoms with E-state index >= 15 is 0 Å². The zero-order valence-corrected chi connectivity index (χ0v) is 18.1. The van der Waals surface area contributed by atoms with Crippen LogP contribution in [0, 0.1) is 0 Å². The normalized spacial score (nSPS) is 15.4. The van der Waals surface area contributed by atoms with E-state index in [0.29, 0.717) is 0 Å². The number of hydrogen-bond acceptors (Lipinski definition) is 4. The van der Waals surface area contributed by atoms with E-state index in [2.05, 4.69) is 19.1 Å². The topological polar surface area (TPSA) is 52.9 Å². The van der Waals surface area contributed by atoms with Crippen LogP contribution in [0.15, 0.2) is 78.9 Å². The molecule has 4 heteroatoms. The molecule has 2 N–H and O–H groups in total. The summed E-state index contributed by atoms with van der Waals surface area (Å²) in [7, 11) is 3.93. The fourth-order valence-electron chi connectivity index (χ4n) is 3.83. The Morgan fingerprint density at radius 3 is 1.90 bits per heavy atom. The molecule has 158 valence electrons. The molecule has 0 saturated carbocycles. The van der Waals surface area contributed by atoms with E-state index in [1.165, 1.54) is 0 Å². The minimum atomic E-state index is -1.25. The zero-order valence-electron chi connectivity index (χ0n) is 18.1. The molecular weight excluding hydrogens is 374 g/mol. The van der Waals surface area contributed by atoms with Gasteiger partial charge < -0.3 is 14.9 Å². The highest BCUT2D eigenvalue weighted by Gasteiger charge is 2.40. The maximum atomic E-state index is 12.2. The van der Waals surface area contributed by atoms with E-state index in [1.54, 1.807) is 24.3 Å². The second-order valence-corrected chi connectivity index (χ2v) is 7.89. The van der Waals surface area contributed by atoms with Crippen molar-refractivity contribution in [3.05, 3.63) is 95.6 Å². The summed E-state index contributed by atoms with van der Waals surface area (Å²) in [6.45, 7) is 4.07. The smallest absolute Gasteiger partial charge is 0.149 e. The molecule has 0 aliphatic carbocycles. The van der Waals surface area contributed by atoms with Gasteiger partial charge in [0, 0.05) is 5.92 Å². The monoisotopic (exact) mass is 405 g/mol.